The quantitative estimate of drug-likeness (QED) is 0.710. The van der Waals surface area contributed by atoms with E-state index in [-0.39, 0.29) is 16.9 Å². The molecule has 1 aliphatic rings. The Hall–Kier alpha value is -2.10. The van der Waals surface area contributed by atoms with Gasteiger partial charge in [0.1, 0.15) is 0 Å². The minimum absolute atomic E-state index is 0.0922. The highest BCUT2D eigenvalue weighted by Gasteiger charge is 2.28. The van der Waals surface area contributed by atoms with Crippen LogP contribution in [0.25, 0.3) is 0 Å². The Bertz CT molecular complexity index is 523. The summed E-state index contributed by atoms with van der Waals surface area (Å²) in [6.45, 7) is 8.64. The molecular formula is C18H26N2O2. The van der Waals surface area contributed by atoms with Crippen molar-refractivity contribution >= 4 is 12.3 Å². The fraction of sp³-hybridized carbons (Fsp3) is 0.444. The zero-order valence-electron chi connectivity index (χ0n) is 13.8. The van der Waals surface area contributed by atoms with Crippen molar-refractivity contribution in [2.45, 2.75) is 39.7 Å². The van der Waals surface area contributed by atoms with Gasteiger partial charge in [-0.15, -0.1) is 0 Å². The molecule has 2 amide bonds. The molecule has 0 fully saturated rings. The van der Waals surface area contributed by atoms with E-state index in [9.17, 15) is 9.59 Å². The van der Waals surface area contributed by atoms with Gasteiger partial charge in [-0.1, -0.05) is 44.2 Å². The Balaban J connectivity index is 2.60. The van der Waals surface area contributed by atoms with Crippen molar-refractivity contribution in [1.29, 1.82) is 0 Å². The van der Waals surface area contributed by atoms with Crippen molar-refractivity contribution in [1.82, 2.24) is 10.6 Å². The van der Waals surface area contributed by atoms with Gasteiger partial charge in [0, 0.05) is 17.7 Å². The van der Waals surface area contributed by atoms with Crippen LogP contribution in [-0.2, 0) is 9.59 Å². The van der Waals surface area contributed by atoms with Crippen LogP contribution in [0.15, 0.2) is 48.1 Å². The lowest BCUT2D eigenvalue weighted by molar-refractivity contribution is -0.118. The first-order valence-electron chi connectivity index (χ1n) is 7.47. The normalized spacial score (nSPS) is 21.5. The summed E-state index contributed by atoms with van der Waals surface area (Å²) in [5.74, 6) is -0.0922. The molecule has 0 aromatic heterocycles. The van der Waals surface area contributed by atoms with Crippen molar-refractivity contribution in [2.75, 3.05) is 6.54 Å². The predicted octanol–water partition coefficient (Wildman–Crippen LogP) is 2.65. The molecule has 4 heteroatoms. The van der Waals surface area contributed by atoms with Crippen LogP contribution in [0.1, 0.15) is 34.1 Å². The first-order valence-corrected chi connectivity index (χ1v) is 7.47. The molecule has 0 saturated carbocycles. The van der Waals surface area contributed by atoms with E-state index in [1.165, 1.54) is 0 Å². The summed E-state index contributed by atoms with van der Waals surface area (Å²) < 4.78 is 0. The van der Waals surface area contributed by atoms with Crippen LogP contribution >= 0.6 is 0 Å². The standard InChI is InChI=1S/C18H26N2O2/c1-17(2,12-18(3,4)20-14-21)13-19-16(22)15-10-8-6-5-7-9-11-15/h5-11,14H,12-13H2,1-4H3,(H,19,22)(H,20,21)/b6-5-,7-5?,8-6?,9-7-,10-8-,11-9?,15-10?,15-11+. The molecule has 0 atom stereocenters. The topological polar surface area (TPSA) is 58.2 Å². The number of nitrogens with one attached hydrogen (secondary N) is 2. The second-order valence-electron chi connectivity index (χ2n) is 6.92. The number of carbonyl (C=O) groups is 2. The first kappa shape index (κ1) is 18.0. The van der Waals surface area contributed by atoms with E-state index < -0.39 is 0 Å². The SMILES string of the molecule is CC(C)(CNC(=O)C1=C/C=C\C=C/C=C\1)CC(C)(C)NC=O. The molecule has 0 aliphatic heterocycles. The Morgan fingerprint density at radius 2 is 1.73 bits per heavy atom. The van der Waals surface area contributed by atoms with Gasteiger partial charge in [-0.05, 0) is 37.8 Å². The van der Waals surface area contributed by atoms with Gasteiger partial charge in [0.25, 0.3) is 5.91 Å². The molecule has 1 aliphatic carbocycles. The van der Waals surface area contributed by atoms with Crippen LogP contribution in [0.3, 0.4) is 0 Å². The lowest BCUT2D eigenvalue weighted by atomic mass is 9.80. The molecular weight excluding hydrogens is 276 g/mol. The van der Waals surface area contributed by atoms with Crippen molar-refractivity contribution in [3.05, 3.63) is 48.1 Å². The molecule has 0 unspecified atom stereocenters. The summed E-state index contributed by atoms with van der Waals surface area (Å²) in [4.78, 5) is 22.9. The summed E-state index contributed by atoms with van der Waals surface area (Å²) >= 11 is 0. The molecule has 2 N–H and O–H groups in total. The van der Waals surface area contributed by atoms with E-state index in [4.69, 9.17) is 0 Å². The molecule has 0 radical (unpaired) electrons. The summed E-state index contributed by atoms with van der Waals surface area (Å²) in [7, 11) is 0. The average Bonchev–Trinajstić information content (AvgIpc) is 2.34. The van der Waals surface area contributed by atoms with Gasteiger partial charge in [0.2, 0.25) is 6.41 Å². The van der Waals surface area contributed by atoms with Gasteiger partial charge < -0.3 is 10.6 Å². The van der Waals surface area contributed by atoms with Crippen LogP contribution in [-0.4, -0.2) is 24.4 Å². The summed E-state index contributed by atoms with van der Waals surface area (Å²) in [5.41, 5.74) is 0.196. The van der Waals surface area contributed by atoms with Crippen LogP contribution in [0.4, 0.5) is 0 Å². The summed E-state index contributed by atoms with van der Waals surface area (Å²) in [6, 6.07) is 0. The third kappa shape index (κ3) is 6.57. The highest BCUT2D eigenvalue weighted by Crippen LogP contribution is 2.27. The highest BCUT2D eigenvalue weighted by atomic mass is 16.1. The Kier molecular flexibility index (Phi) is 6.35. The van der Waals surface area contributed by atoms with Crippen LogP contribution in [0, 0.1) is 5.41 Å². The van der Waals surface area contributed by atoms with Crippen molar-refractivity contribution in [3.8, 4) is 0 Å². The largest absolute Gasteiger partial charge is 0.354 e. The number of hydrogen-bond donors (Lipinski definition) is 2. The summed E-state index contributed by atoms with van der Waals surface area (Å²) in [5, 5.41) is 5.78. The van der Waals surface area contributed by atoms with E-state index in [0.29, 0.717) is 12.1 Å². The minimum Gasteiger partial charge on any atom is -0.354 e. The third-order valence-electron chi connectivity index (χ3n) is 3.36. The molecule has 120 valence electrons. The molecule has 0 aromatic carbocycles. The van der Waals surface area contributed by atoms with Gasteiger partial charge in [0.05, 0.1) is 0 Å². The van der Waals surface area contributed by atoms with Crippen LogP contribution < -0.4 is 10.6 Å². The first-order chi connectivity index (χ1) is 10.3. The molecule has 1 rings (SSSR count). The Morgan fingerprint density at radius 3 is 2.41 bits per heavy atom. The number of hydrogen-bond acceptors (Lipinski definition) is 2. The smallest absolute Gasteiger partial charge is 0.251 e. The number of carbonyl (C=O) groups excluding carboxylic acids is 2. The molecule has 0 aromatic rings. The monoisotopic (exact) mass is 302 g/mol. The van der Waals surface area contributed by atoms with Crippen molar-refractivity contribution in [2.24, 2.45) is 5.41 Å². The van der Waals surface area contributed by atoms with Gasteiger partial charge in [-0.3, -0.25) is 9.59 Å². The zero-order valence-corrected chi connectivity index (χ0v) is 13.8. The maximum atomic E-state index is 12.2. The van der Waals surface area contributed by atoms with Gasteiger partial charge >= 0.3 is 0 Å². The number of amides is 2. The summed E-state index contributed by atoms with van der Waals surface area (Å²) in [6.07, 6.45) is 14.4. The fourth-order valence-corrected chi connectivity index (χ4v) is 2.61. The molecule has 22 heavy (non-hydrogen) atoms. The lowest BCUT2D eigenvalue weighted by Crippen LogP contribution is -2.45. The zero-order chi connectivity index (χ0) is 16.6. The van der Waals surface area contributed by atoms with E-state index in [0.717, 1.165) is 12.8 Å². The van der Waals surface area contributed by atoms with Crippen LogP contribution in [0.2, 0.25) is 0 Å². The van der Waals surface area contributed by atoms with Gasteiger partial charge in [-0.25, -0.2) is 0 Å². The average molecular weight is 302 g/mol. The minimum atomic E-state index is -0.303. The fourth-order valence-electron chi connectivity index (χ4n) is 2.61. The Morgan fingerprint density at radius 1 is 1.09 bits per heavy atom. The Labute approximate surface area is 133 Å². The van der Waals surface area contributed by atoms with Gasteiger partial charge in [-0.2, -0.15) is 0 Å². The molecule has 0 saturated heterocycles. The predicted molar refractivity (Wildman–Crippen MR) is 90.2 cm³/mol. The molecule has 0 spiro atoms. The molecule has 4 nitrogen and oxygen atoms in total. The van der Waals surface area contributed by atoms with E-state index in [1.54, 1.807) is 12.2 Å². The number of rotatable bonds is 7. The van der Waals surface area contributed by atoms with Gasteiger partial charge in [0.15, 0.2) is 0 Å². The second-order valence-corrected chi connectivity index (χ2v) is 6.92. The van der Waals surface area contributed by atoms with E-state index >= 15 is 0 Å². The highest BCUT2D eigenvalue weighted by molar-refractivity contribution is 5.96. The van der Waals surface area contributed by atoms with Crippen molar-refractivity contribution < 1.29 is 9.59 Å². The van der Waals surface area contributed by atoms with Crippen LogP contribution in [0.5, 0.6) is 0 Å². The second kappa shape index (κ2) is 7.78. The lowest BCUT2D eigenvalue weighted by Gasteiger charge is -2.34. The maximum Gasteiger partial charge on any atom is 0.251 e. The number of allylic oxidation sites excluding steroid dienone is 6. The third-order valence-corrected chi connectivity index (χ3v) is 3.36. The van der Waals surface area contributed by atoms with E-state index in [1.807, 2.05) is 44.2 Å². The maximum absolute atomic E-state index is 12.2. The molecule has 0 heterocycles. The van der Waals surface area contributed by atoms with Crippen molar-refractivity contribution in [3.63, 3.8) is 0 Å². The molecule has 0 bridgehead atoms. The van der Waals surface area contributed by atoms with E-state index in [2.05, 4.69) is 24.5 Å².